The number of methoxy groups -OCH3 is 1. The quantitative estimate of drug-likeness (QED) is 0.616. The minimum atomic E-state index is -0.425. The molecule has 0 aromatic heterocycles. The minimum absolute atomic E-state index is 0.186. The van der Waals surface area contributed by atoms with E-state index in [-0.39, 0.29) is 17.9 Å². The molecule has 0 spiro atoms. The summed E-state index contributed by atoms with van der Waals surface area (Å²) in [6.45, 7) is 0.470. The molecule has 0 radical (unpaired) electrons. The van der Waals surface area contributed by atoms with Crippen LogP contribution in [0.1, 0.15) is 12.0 Å². The van der Waals surface area contributed by atoms with Gasteiger partial charge in [-0.05, 0) is 5.56 Å². The Hall–Kier alpha value is -1.03. The molecule has 0 aliphatic heterocycles. The van der Waals surface area contributed by atoms with E-state index in [1.165, 1.54) is 7.11 Å². The van der Waals surface area contributed by atoms with Gasteiger partial charge in [-0.1, -0.05) is 41.9 Å². The highest BCUT2D eigenvalue weighted by Gasteiger charge is 2.38. The molecule has 2 rings (SSSR count). The van der Waals surface area contributed by atoms with E-state index in [4.69, 9.17) is 32.7 Å². The summed E-state index contributed by atoms with van der Waals surface area (Å²) in [5, 5.41) is 0.487. The van der Waals surface area contributed by atoms with Crippen molar-refractivity contribution in [2.24, 2.45) is 5.92 Å². The number of hydrogen-bond acceptors (Lipinski definition) is 3. The molecule has 0 saturated carbocycles. The van der Waals surface area contributed by atoms with Gasteiger partial charge in [0.25, 0.3) is 0 Å². The largest absolute Gasteiger partial charge is 0.466 e. The molecular formula is C15H16Cl2O3. The van der Waals surface area contributed by atoms with Gasteiger partial charge < -0.3 is 9.47 Å². The van der Waals surface area contributed by atoms with Crippen LogP contribution in [0.15, 0.2) is 40.9 Å². The van der Waals surface area contributed by atoms with Gasteiger partial charge in [-0.15, -0.1) is 11.6 Å². The maximum absolute atomic E-state index is 11.7. The summed E-state index contributed by atoms with van der Waals surface area (Å²) >= 11 is 12.1. The molecule has 1 aromatic carbocycles. The first-order chi connectivity index (χ1) is 9.67. The second kappa shape index (κ2) is 7.11. The van der Waals surface area contributed by atoms with Crippen LogP contribution < -0.4 is 0 Å². The van der Waals surface area contributed by atoms with Gasteiger partial charge in [-0.3, -0.25) is 0 Å². The Morgan fingerprint density at radius 1 is 1.35 bits per heavy atom. The molecule has 0 N–H and O–H groups in total. The van der Waals surface area contributed by atoms with Crippen LogP contribution in [-0.4, -0.2) is 25.1 Å². The maximum Gasteiger partial charge on any atom is 0.335 e. The summed E-state index contributed by atoms with van der Waals surface area (Å²) < 4.78 is 10.6. The lowest BCUT2D eigenvalue weighted by Gasteiger charge is -2.20. The van der Waals surface area contributed by atoms with E-state index in [0.29, 0.717) is 23.6 Å². The summed E-state index contributed by atoms with van der Waals surface area (Å²) in [5.74, 6) is -0.369. The van der Waals surface area contributed by atoms with Crippen LogP contribution in [0, 0.1) is 5.92 Å². The van der Waals surface area contributed by atoms with Gasteiger partial charge in [0, 0.05) is 23.3 Å². The average Bonchev–Trinajstić information content (AvgIpc) is 2.81. The lowest BCUT2D eigenvalue weighted by Crippen LogP contribution is -2.25. The molecule has 1 aliphatic rings. The van der Waals surface area contributed by atoms with Crippen molar-refractivity contribution < 1.29 is 14.3 Å². The molecule has 0 bridgehead atoms. The fourth-order valence-electron chi connectivity index (χ4n) is 2.32. The highest BCUT2D eigenvalue weighted by Crippen LogP contribution is 2.38. The normalized spacial score (nSPS) is 22.1. The molecule has 2 atom stereocenters. The van der Waals surface area contributed by atoms with Crippen LogP contribution >= 0.6 is 23.2 Å². The number of carbonyl (C=O) groups is 1. The first kappa shape index (κ1) is 15.4. The molecule has 1 aromatic rings. The zero-order chi connectivity index (χ0) is 14.5. The van der Waals surface area contributed by atoms with Crippen molar-refractivity contribution in [1.29, 1.82) is 0 Å². The number of hydrogen-bond donors (Lipinski definition) is 0. The van der Waals surface area contributed by atoms with Crippen molar-refractivity contribution in [2.75, 3.05) is 13.0 Å². The predicted octanol–water partition coefficient (Wildman–Crippen LogP) is 3.50. The number of benzene rings is 1. The Balaban J connectivity index is 2.02. The Labute approximate surface area is 128 Å². The highest BCUT2D eigenvalue weighted by atomic mass is 35.5. The van der Waals surface area contributed by atoms with E-state index >= 15 is 0 Å². The molecule has 0 heterocycles. The van der Waals surface area contributed by atoms with Crippen molar-refractivity contribution in [3.05, 3.63) is 46.5 Å². The summed E-state index contributed by atoms with van der Waals surface area (Å²) in [6, 6.07) is 9.84. The molecule has 3 nitrogen and oxygen atoms in total. The fourth-order valence-corrected chi connectivity index (χ4v) is 3.04. The Bertz CT molecular complexity index is 499. The van der Waals surface area contributed by atoms with Gasteiger partial charge in [0.15, 0.2) is 0 Å². The van der Waals surface area contributed by atoms with Crippen molar-refractivity contribution in [3.8, 4) is 0 Å². The van der Waals surface area contributed by atoms with Crippen molar-refractivity contribution in [1.82, 2.24) is 0 Å². The zero-order valence-electron chi connectivity index (χ0n) is 11.1. The van der Waals surface area contributed by atoms with Gasteiger partial charge in [0.1, 0.15) is 0 Å². The van der Waals surface area contributed by atoms with Gasteiger partial charge in [-0.2, -0.15) is 0 Å². The van der Waals surface area contributed by atoms with Crippen LogP contribution in [0.5, 0.6) is 0 Å². The zero-order valence-corrected chi connectivity index (χ0v) is 12.7. The summed E-state index contributed by atoms with van der Waals surface area (Å²) in [7, 11) is 1.34. The van der Waals surface area contributed by atoms with E-state index in [1.807, 2.05) is 30.3 Å². The van der Waals surface area contributed by atoms with E-state index in [1.54, 1.807) is 0 Å². The summed E-state index contributed by atoms with van der Waals surface area (Å²) in [5.41, 5.74) is 1.52. The fraction of sp³-hybridized carbons (Fsp3) is 0.400. The maximum atomic E-state index is 11.7. The Morgan fingerprint density at radius 3 is 2.65 bits per heavy atom. The number of alkyl halides is 1. The molecule has 0 unspecified atom stereocenters. The third-order valence-corrected chi connectivity index (χ3v) is 4.06. The standard InChI is InChI=1S/C15H16Cl2O3/c1-19-15(18)14-11(8-16)13(7-12(14)17)20-9-10-5-3-2-4-6-10/h2-6,11,13H,7-9H2,1H3/t11-,13-/m0/s1. The van der Waals surface area contributed by atoms with Crippen LogP contribution in [0.2, 0.25) is 0 Å². The van der Waals surface area contributed by atoms with E-state index in [0.717, 1.165) is 5.56 Å². The molecular weight excluding hydrogens is 299 g/mol. The first-order valence-electron chi connectivity index (χ1n) is 6.35. The molecule has 108 valence electrons. The minimum Gasteiger partial charge on any atom is -0.466 e. The molecule has 20 heavy (non-hydrogen) atoms. The monoisotopic (exact) mass is 314 g/mol. The predicted molar refractivity (Wildman–Crippen MR) is 78.7 cm³/mol. The summed E-state index contributed by atoms with van der Waals surface area (Å²) in [6.07, 6.45) is 0.310. The highest BCUT2D eigenvalue weighted by molar-refractivity contribution is 6.32. The van der Waals surface area contributed by atoms with Gasteiger partial charge in [0.2, 0.25) is 0 Å². The van der Waals surface area contributed by atoms with Crippen LogP contribution in [0.3, 0.4) is 0 Å². The SMILES string of the molecule is COC(=O)C1=C(Cl)C[C@H](OCc2ccccc2)[C@@H]1CCl. The number of carbonyl (C=O) groups excluding carboxylic acids is 1. The smallest absolute Gasteiger partial charge is 0.335 e. The lowest BCUT2D eigenvalue weighted by molar-refractivity contribution is -0.137. The first-order valence-corrected chi connectivity index (χ1v) is 7.27. The number of ether oxygens (including phenoxy) is 2. The Morgan fingerprint density at radius 2 is 2.05 bits per heavy atom. The van der Waals surface area contributed by atoms with E-state index in [9.17, 15) is 4.79 Å². The van der Waals surface area contributed by atoms with Gasteiger partial charge in [0.05, 0.1) is 25.4 Å². The topological polar surface area (TPSA) is 35.5 Å². The molecule has 5 heteroatoms. The molecule has 1 aliphatic carbocycles. The second-order valence-electron chi connectivity index (χ2n) is 4.61. The average molecular weight is 315 g/mol. The molecule has 0 fully saturated rings. The van der Waals surface area contributed by atoms with E-state index in [2.05, 4.69) is 0 Å². The number of halogens is 2. The number of esters is 1. The van der Waals surface area contributed by atoms with Crippen LogP contribution in [-0.2, 0) is 20.9 Å². The van der Waals surface area contributed by atoms with Crippen LogP contribution in [0.25, 0.3) is 0 Å². The molecule has 0 saturated heterocycles. The van der Waals surface area contributed by atoms with Crippen molar-refractivity contribution in [3.63, 3.8) is 0 Å². The third kappa shape index (κ3) is 3.35. The van der Waals surface area contributed by atoms with Crippen molar-refractivity contribution >= 4 is 29.2 Å². The van der Waals surface area contributed by atoms with E-state index < -0.39 is 5.97 Å². The Kier molecular flexibility index (Phi) is 5.46. The van der Waals surface area contributed by atoms with Gasteiger partial charge in [-0.25, -0.2) is 4.79 Å². The number of rotatable bonds is 5. The molecule has 0 amide bonds. The van der Waals surface area contributed by atoms with Gasteiger partial charge >= 0.3 is 5.97 Å². The second-order valence-corrected chi connectivity index (χ2v) is 5.37. The summed E-state index contributed by atoms with van der Waals surface area (Å²) in [4.78, 5) is 11.7. The lowest BCUT2D eigenvalue weighted by atomic mass is 10.0. The third-order valence-electron chi connectivity index (χ3n) is 3.37. The van der Waals surface area contributed by atoms with Crippen LogP contribution in [0.4, 0.5) is 0 Å². The van der Waals surface area contributed by atoms with Crippen molar-refractivity contribution in [2.45, 2.75) is 19.1 Å².